The first kappa shape index (κ1) is 23.3. The molecule has 1 atom stereocenters. The average Bonchev–Trinajstić information content (AvgIpc) is 3.36. The van der Waals surface area contributed by atoms with Crippen LogP contribution >= 0.6 is 11.8 Å². The molecule has 10 heteroatoms. The number of fused-ring (bicyclic) bond motifs is 1. The van der Waals surface area contributed by atoms with Crippen molar-refractivity contribution in [2.45, 2.75) is 47.9 Å². The number of carbonyl (C=O) groups is 1. The first-order chi connectivity index (χ1) is 15.9. The van der Waals surface area contributed by atoms with Crippen LogP contribution < -0.4 is 16.2 Å². The molecule has 5 rings (SSSR count). The van der Waals surface area contributed by atoms with E-state index in [0.717, 1.165) is 54.2 Å². The second kappa shape index (κ2) is 9.56. The van der Waals surface area contributed by atoms with Crippen molar-refractivity contribution in [3.63, 3.8) is 0 Å². The van der Waals surface area contributed by atoms with Crippen LogP contribution in [0.2, 0.25) is 0 Å². The van der Waals surface area contributed by atoms with Crippen LogP contribution in [0.15, 0.2) is 45.3 Å². The molecule has 0 unspecified atom stereocenters. The van der Waals surface area contributed by atoms with E-state index in [1.54, 1.807) is 17.0 Å². The highest BCUT2D eigenvalue weighted by Gasteiger charge is 2.43. The molecule has 1 aliphatic heterocycles. The van der Waals surface area contributed by atoms with Gasteiger partial charge in [0.15, 0.2) is 0 Å². The number of hydrogen-bond acceptors (Lipinski definition) is 7. The van der Waals surface area contributed by atoms with Gasteiger partial charge in [-0.1, -0.05) is 18.2 Å². The molecule has 1 saturated carbocycles. The van der Waals surface area contributed by atoms with Crippen molar-refractivity contribution in [2.75, 3.05) is 18.0 Å². The van der Waals surface area contributed by atoms with Crippen LogP contribution in [-0.2, 0) is 18.9 Å². The molecule has 1 spiro atoms. The standard InChI is InChI=1S/C22H28N6OS.CH2O2/c1-26-11-6-15-16(5-10-24-19(15)26)30-17-14-25-21(27(2)20(17)29)28-12-8-22(9-13-28)7-3-4-18(22)23;2-1-3/h5-6,10-11,14,18H,3-4,7-9,12-13,23H2,1-2H3;1H,(H,2,3)/t18-;/m1./s1. The predicted molar refractivity (Wildman–Crippen MR) is 129 cm³/mol. The van der Waals surface area contributed by atoms with E-state index in [4.69, 9.17) is 20.6 Å². The maximum atomic E-state index is 13.1. The fraction of sp³-hybridized carbons (Fsp3) is 0.478. The number of aromatic nitrogens is 4. The molecular formula is C23H30N6O3S. The van der Waals surface area contributed by atoms with Crippen LogP contribution in [0.5, 0.6) is 0 Å². The van der Waals surface area contributed by atoms with Gasteiger partial charge in [-0.25, -0.2) is 9.97 Å². The van der Waals surface area contributed by atoms with Gasteiger partial charge in [0, 0.05) is 55.9 Å². The topological polar surface area (TPSA) is 119 Å². The Kier molecular flexibility index (Phi) is 6.76. The zero-order chi connectivity index (χ0) is 23.6. The van der Waals surface area contributed by atoms with Crippen LogP contribution in [0, 0.1) is 5.41 Å². The molecule has 33 heavy (non-hydrogen) atoms. The number of nitrogens with zero attached hydrogens (tertiary/aromatic N) is 5. The van der Waals surface area contributed by atoms with Gasteiger partial charge in [-0.05, 0) is 43.2 Å². The molecule has 1 saturated heterocycles. The fourth-order valence-corrected chi connectivity index (χ4v) is 6.13. The number of pyridine rings is 1. The summed E-state index contributed by atoms with van der Waals surface area (Å²) in [5.74, 6) is 0.755. The van der Waals surface area contributed by atoms with Gasteiger partial charge in [0.05, 0.1) is 11.1 Å². The molecule has 3 aromatic rings. The van der Waals surface area contributed by atoms with E-state index in [-0.39, 0.29) is 12.0 Å². The Labute approximate surface area is 196 Å². The Morgan fingerprint density at radius 3 is 2.58 bits per heavy atom. The van der Waals surface area contributed by atoms with Gasteiger partial charge in [0.1, 0.15) is 5.65 Å². The Balaban J connectivity index is 0.000000821. The summed E-state index contributed by atoms with van der Waals surface area (Å²) in [5.41, 5.74) is 7.62. The number of rotatable bonds is 3. The summed E-state index contributed by atoms with van der Waals surface area (Å²) in [6.45, 7) is 1.57. The van der Waals surface area contributed by atoms with E-state index in [2.05, 4.69) is 9.88 Å². The number of hydrogen-bond donors (Lipinski definition) is 2. The van der Waals surface area contributed by atoms with Gasteiger partial charge in [0.25, 0.3) is 12.0 Å². The lowest BCUT2D eigenvalue weighted by Gasteiger charge is -2.42. The molecule has 0 aromatic carbocycles. The largest absolute Gasteiger partial charge is 0.483 e. The average molecular weight is 471 g/mol. The SMILES string of the molecule is Cn1c(N2CCC3(CCC[C@H]3N)CC2)ncc(Sc2ccnc3c2ccn3C)c1=O.O=CO. The van der Waals surface area contributed by atoms with E-state index in [9.17, 15) is 4.79 Å². The van der Waals surface area contributed by atoms with Crippen molar-refractivity contribution in [1.82, 2.24) is 19.1 Å². The molecule has 1 aliphatic carbocycles. The Bertz CT molecular complexity index is 1200. The van der Waals surface area contributed by atoms with Crippen LogP contribution in [0.1, 0.15) is 32.1 Å². The van der Waals surface area contributed by atoms with Crippen molar-refractivity contribution in [1.29, 1.82) is 0 Å². The summed E-state index contributed by atoms with van der Waals surface area (Å²) in [7, 11) is 3.80. The van der Waals surface area contributed by atoms with Gasteiger partial charge in [0.2, 0.25) is 5.95 Å². The summed E-state index contributed by atoms with van der Waals surface area (Å²) in [6, 6.07) is 4.31. The fourth-order valence-electron chi connectivity index (χ4n) is 5.16. The summed E-state index contributed by atoms with van der Waals surface area (Å²) in [4.78, 5) is 34.5. The highest BCUT2D eigenvalue weighted by molar-refractivity contribution is 7.99. The molecule has 176 valence electrons. The molecule has 0 radical (unpaired) electrons. The molecule has 0 amide bonds. The molecule has 4 heterocycles. The molecule has 2 aliphatic rings. The summed E-state index contributed by atoms with van der Waals surface area (Å²) < 4.78 is 3.68. The third-order valence-electron chi connectivity index (χ3n) is 7.08. The monoisotopic (exact) mass is 470 g/mol. The first-order valence-electron chi connectivity index (χ1n) is 11.1. The van der Waals surface area contributed by atoms with Gasteiger partial charge >= 0.3 is 0 Å². The maximum absolute atomic E-state index is 13.1. The third kappa shape index (κ3) is 4.37. The normalized spacial score (nSPS) is 19.5. The number of nitrogens with two attached hydrogens (primary N) is 1. The molecule has 3 aromatic heterocycles. The number of anilines is 1. The summed E-state index contributed by atoms with van der Waals surface area (Å²) >= 11 is 1.46. The minimum atomic E-state index is -0.250. The minimum Gasteiger partial charge on any atom is -0.483 e. The summed E-state index contributed by atoms with van der Waals surface area (Å²) in [5, 5.41) is 7.94. The van der Waals surface area contributed by atoms with Crippen molar-refractivity contribution in [3.8, 4) is 0 Å². The second-order valence-electron chi connectivity index (χ2n) is 8.82. The van der Waals surface area contributed by atoms with Crippen molar-refractivity contribution >= 4 is 35.2 Å². The van der Waals surface area contributed by atoms with Gasteiger partial charge < -0.3 is 20.3 Å². The first-order valence-corrected chi connectivity index (χ1v) is 11.9. The molecule has 9 nitrogen and oxygen atoms in total. The molecule has 2 fully saturated rings. The predicted octanol–water partition coefficient (Wildman–Crippen LogP) is 2.62. The van der Waals surface area contributed by atoms with Gasteiger partial charge in [-0.3, -0.25) is 14.2 Å². The Morgan fingerprint density at radius 2 is 1.91 bits per heavy atom. The third-order valence-corrected chi connectivity index (χ3v) is 8.15. The quantitative estimate of drug-likeness (QED) is 0.561. The van der Waals surface area contributed by atoms with Crippen LogP contribution in [0.25, 0.3) is 11.0 Å². The Morgan fingerprint density at radius 1 is 1.18 bits per heavy atom. The number of piperidine rings is 1. The lowest BCUT2D eigenvalue weighted by atomic mass is 9.74. The zero-order valence-electron chi connectivity index (χ0n) is 19.0. The van der Waals surface area contributed by atoms with E-state index in [1.807, 2.05) is 37.0 Å². The molecule has 0 bridgehead atoms. The van der Waals surface area contributed by atoms with Crippen LogP contribution in [0.4, 0.5) is 5.95 Å². The van der Waals surface area contributed by atoms with E-state index in [0.29, 0.717) is 16.4 Å². The number of aryl methyl sites for hydroxylation is 1. The minimum absolute atomic E-state index is 0.0104. The second-order valence-corrected chi connectivity index (χ2v) is 9.90. The van der Waals surface area contributed by atoms with E-state index >= 15 is 0 Å². The lowest BCUT2D eigenvalue weighted by Crippen LogP contribution is -2.48. The smallest absolute Gasteiger partial charge is 0.290 e. The van der Waals surface area contributed by atoms with E-state index in [1.165, 1.54) is 24.6 Å². The maximum Gasteiger partial charge on any atom is 0.290 e. The van der Waals surface area contributed by atoms with Gasteiger partial charge in [-0.2, -0.15) is 0 Å². The van der Waals surface area contributed by atoms with Crippen molar-refractivity contribution in [2.24, 2.45) is 25.2 Å². The number of carboxylic acid groups (broad SMARTS) is 1. The lowest BCUT2D eigenvalue weighted by molar-refractivity contribution is -0.122. The van der Waals surface area contributed by atoms with Crippen LogP contribution in [0.3, 0.4) is 0 Å². The highest BCUT2D eigenvalue weighted by Crippen LogP contribution is 2.45. The highest BCUT2D eigenvalue weighted by atomic mass is 32.2. The van der Waals surface area contributed by atoms with Crippen molar-refractivity contribution in [3.05, 3.63) is 41.1 Å². The van der Waals surface area contributed by atoms with Crippen molar-refractivity contribution < 1.29 is 9.90 Å². The summed E-state index contributed by atoms with van der Waals surface area (Å²) in [6.07, 6.45) is 11.3. The van der Waals surface area contributed by atoms with Crippen LogP contribution in [-0.4, -0.2) is 49.8 Å². The molecule has 3 N–H and O–H groups in total. The molecular weight excluding hydrogens is 440 g/mol. The van der Waals surface area contributed by atoms with Gasteiger partial charge in [-0.15, -0.1) is 0 Å². The van der Waals surface area contributed by atoms with E-state index < -0.39 is 0 Å². The zero-order valence-corrected chi connectivity index (χ0v) is 19.8. The Hall–Kier alpha value is -2.85.